The van der Waals surface area contributed by atoms with Crippen LogP contribution in [0, 0.1) is 17.3 Å². The summed E-state index contributed by atoms with van der Waals surface area (Å²) >= 11 is 0. The second-order valence-electron chi connectivity index (χ2n) is 17.0. The molecule has 1 aromatic carbocycles. The Bertz CT molecular complexity index is 1600. The average Bonchev–Trinajstić information content (AvgIpc) is 3.85. The van der Waals surface area contributed by atoms with E-state index in [-0.39, 0.29) is 47.9 Å². The fourth-order valence-electron chi connectivity index (χ4n) is 7.59. The topological polar surface area (TPSA) is 147 Å². The molecule has 8 atom stereocenters. The van der Waals surface area contributed by atoms with Crippen molar-refractivity contribution in [1.29, 1.82) is 0 Å². The summed E-state index contributed by atoms with van der Waals surface area (Å²) in [4.78, 5) is 79.4. The molecule has 56 heavy (non-hydrogen) atoms. The minimum absolute atomic E-state index is 0.127. The third-order valence-corrected chi connectivity index (χ3v) is 11.6. The minimum Gasteiger partial charge on any atom is -0.497 e. The van der Waals surface area contributed by atoms with Gasteiger partial charge in [0.2, 0.25) is 29.5 Å². The molecule has 0 aliphatic carbocycles. The van der Waals surface area contributed by atoms with Gasteiger partial charge in [-0.3, -0.25) is 19.2 Å². The van der Waals surface area contributed by atoms with Crippen molar-refractivity contribution < 1.29 is 38.2 Å². The van der Waals surface area contributed by atoms with E-state index < -0.39 is 48.1 Å². The van der Waals surface area contributed by atoms with Gasteiger partial charge in [0.15, 0.2) is 0 Å². The number of cyclic esters (lactones) is 1. The first-order valence-electron chi connectivity index (χ1n) is 20.3. The van der Waals surface area contributed by atoms with Gasteiger partial charge in [-0.1, -0.05) is 66.2 Å². The van der Waals surface area contributed by atoms with Crippen molar-refractivity contribution in [3.05, 3.63) is 42.0 Å². The summed E-state index contributed by atoms with van der Waals surface area (Å²) in [5.41, 5.74) is 0.453. The van der Waals surface area contributed by atoms with E-state index in [4.69, 9.17) is 14.2 Å². The minimum atomic E-state index is -0.972. The van der Waals surface area contributed by atoms with Gasteiger partial charge in [-0.15, -0.1) is 0 Å². The monoisotopic (exact) mass is 779 g/mol. The molecule has 1 fully saturated rings. The molecule has 0 spiro atoms. The molecule has 3 aliphatic rings. The summed E-state index contributed by atoms with van der Waals surface area (Å²) in [7, 11) is 4.70. The Morgan fingerprint density at radius 3 is 2.32 bits per heavy atom. The number of esters is 1. The Kier molecular flexibility index (Phi) is 15.5. The number of ether oxygens (including phenoxy) is 3. The van der Waals surface area contributed by atoms with Crippen LogP contribution < -0.4 is 10.1 Å². The van der Waals surface area contributed by atoms with Crippen LogP contribution in [0.15, 0.2) is 41.4 Å². The fourth-order valence-corrected chi connectivity index (χ4v) is 7.59. The second-order valence-corrected chi connectivity index (χ2v) is 17.0. The Morgan fingerprint density at radius 1 is 0.982 bits per heavy atom. The normalized spacial score (nSPS) is 29.3. The zero-order valence-electron chi connectivity index (χ0n) is 35.2. The van der Waals surface area contributed by atoms with Crippen LogP contribution in [0.5, 0.6) is 5.75 Å². The zero-order chi connectivity index (χ0) is 41.3. The molecule has 3 heterocycles. The summed E-state index contributed by atoms with van der Waals surface area (Å²) in [6, 6.07) is 3.47. The van der Waals surface area contributed by atoms with Crippen LogP contribution in [0.2, 0.25) is 0 Å². The van der Waals surface area contributed by atoms with E-state index >= 15 is 0 Å². The van der Waals surface area contributed by atoms with Crippen molar-refractivity contribution >= 4 is 35.5 Å². The quantitative estimate of drug-likeness (QED) is 0.413. The van der Waals surface area contributed by atoms with E-state index in [2.05, 4.69) is 17.2 Å². The highest BCUT2D eigenvalue weighted by atomic mass is 16.5. The lowest BCUT2D eigenvalue weighted by Crippen LogP contribution is -2.59. The van der Waals surface area contributed by atoms with Gasteiger partial charge in [-0.2, -0.15) is 0 Å². The van der Waals surface area contributed by atoms with Crippen molar-refractivity contribution in [3.8, 4) is 5.75 Å². The molecule has 0 aromatic heterocycles. The summed E-state index contributed by atoms with van der Waals surface area (Å²) in [6.45, 7) is 14.5. The number of carbonyl (C=O) groups excluding carboxylic acids is 5. The van der Waals surface area contributed by atoms with Crippen LogP contribution in [0.25, 0.3) is 0 Å². The summed E-state index contributed by atoms with van der Waals surface area (Å²) in [5.74, 6) is -0.826. The molecule has 1 aromatic rings. The first kappa shape index (κ1) is 44.3. The zero-order valence-corrected chi connectivity index (χ0v) is 35.2. The molecule has 13 nitrogen and oxygen atoms in total. The van der Waals surface area contributed by atoms with Crippen LogP contribution >= 0.6 is 0 Å². The van der Waals surface area contributed by atoms with Crippen molar-refractivity contribution in [2.24, 2.45) is 22.2 Å². The number of carbonyl (C=O) groups is 5. The summed E-state index contributed by atoms with van der Waals surface area (Å²) < 4.78 is 17.4. The Hall–Kier alpha value is -4.42. The number of allylic oxidation sites excluding steroid dienone is 1. The fraction of sp³-hybridized carbons (Fsp3) is 0.674. The predicted octanol–water partition coefficient (Wildman–Crippen LogP) is 4.96. The van der Waals surface area contributed by atoms with Gasteiger partial charge in [0.05, 0.1) is 13.2 Å². The van der Waals surface area contributed by atoms with Crippen LogP contribution in [-0.2, 0) is 39.9 Å². The molecule has 3 aliphatic heterocycles. The number of benzene rings is 1. The first-order chi connectivity index (χ1) is 26.4. The van der Waals surface area contributed by atoms with Gasteiger partial charge >= 0.3 is 5.97 Å². The maximum Gasteiger partial charge on any atom is 0.329 e. The molecule has 0 radical (unpaired) electrons. The molecule has 0 saturated carbocycles. The molecular formula is C43H65N5O8. The number of rotatable bonds is 5. The number of nitrogens with one attached hydrogen (secondary N) is 1. The van der Waals surface area contributed by atoms with Gasteiger partial charge in [0.1, 0.15) is 42.6 Å². The largest absolute Gasteiger partial charge is 0.497 e. The summed E-state index contributed by atoms with van der Waals surface area (Å²) in [6.07, 6.45) is 7.27. The maximum atomic E-state index is 14.5. The van der Waals surface area contributed by atoms with Crippen molar-refractivity contribution in [3.63, 3.8) is 0 Å². The lowest BCUT2D eigenvalue weighted by atomic mass is 9.83. The van der Waals surface area contributed by atoms with Crippen LogP contribution in [0.3, 0.4) is 0 Å². The standard InChI is InChI=1S/C43H65N5O8/c1-11-28(3)38-41(52)48-23-13-15-34(48)42(53)56-35(43(5,6)7)24-27(2)14-12-16-37-44-31(26-55-37)19-22-36(49)45-33(25-30-17-20-32(54-10)21-18-30)40(51)46(8)29(4)39(50)47(38)9/h12,16-18,20-21,27-29,31,33-35,38H,11,13-15,19,22-26H2,1-10H3,(H,45,49)/b16-12+/t27-,28-,29-,31-,33?,34+,35?,38-/m0/s1. The molecule has 13 heteroatoms. The van der Waals surface area contributed by atoms with Gasteiger partial charge in [0.25, 0.3) is 0 Å². The van der Waals surface area contributed by atoms with E-state index in [0.717, 1.165) is 5.56 Å². The number of amides is 4. The number of nitrogens with zero attached hydrogens (tertiary/aromatic N) is 4. The van der Waals surface area contributed by atoms with E-state index in [9.17, 15) is 24.0 Å². The maximum absolute atomic E-state index is 14.5. The number of aliphatic imine (C=N–C) groups is 1. The number of hydrogen-bond donors (Lipinski definition) is 1. The molecule has 4 rings (SSSR count). The van der Waals surface area contributed by atoms with Crippen molar-refractivity contribution in [1.82, 2.24) is 20.0 Å². The number of methoxy groups -OCH3 is 1. The molecule has 310 valence electrons. The molecule has 1 saturated heterocycles. The van der Waals surface area contributed by atoms with Crippen LogP contribution in [0.4, 0.5) is 0 Å². The van der Waals surface area contributed by atoms with Gasteiger partial charge in [0, 0.05) is 33.5 Å². The van der Waals surface area contributed by atoms with Gasteiger partial charge < -0.3 is 34.2 Å². The summed E-state index contributed by atoms with van der Waals surface area (Å²) in [5, 5.41) is 2.93. The molecule has 4 amide bonds. The molecule has 2 bridgehead atoms. The Labute approximate surface area is 333 Å². The first-order valence-corrected chi connectivity index (χ1v) is 20.3. The predicted molar refractivity (Wildman–Crippen MR) is 215 cm³/mol. The van der Waals surface area contributed by atoms with E-state index in [1.165, 1.54) is 16.8 Å². The van der Waals surface area contributed by atoms with Crippen molar-refractivity contribution in [2.45, 2.75) is 136 Å². The van der Waals surface area contributed by atoms with Gasteiger partial charge in [-0.05, 0) is 80.1 Å². The number of fused-ring (bicyclic) bond motifs is 2. The Balaban J connectivity index is 1.67. The lowest BCUT2D eigenvalue weighted by molar-refractivity contribution is -0.166. The van der Waals surface area contributed by atoms with E-state index in [1.54, 1.807) is 38.1 Å². The van der Waals surface area contributed by atoms with Gasteiger partial charge in [-0.25, -0.2) is 9.79 Å². The second kappa shape index (κ2) is 19.6. The highest BCUT2D eigenvalue weighted by molar-refractivity contribution is 5.95. The third kappa shape index (κ3) is 11.3. The number of hydrogen-bond acceptors (Lipinski definition) is 9. The molecular weight excluding hydrogens is 714 g/mol. The van der Waals surface area contributed by atoms with Crippen LogP contribution in [-0.4, -0.2) is 121 Å². The molecule has 2 unspecified atom stereocenters. The Morgan fingerprint density at radius 2 is 1.68 bits per heavy atom. The van der Waals surface area contributed by atoms with Crippen LogP contribution in [0.1, 0.15) is 99.0 Å². The number of likely N-dealkylation sites (N-methyl/N-ethyl adjacent to an activating group) is 2. The smallest absolute Gasteiger partial charge is 0.329 e. The van der Waals surface area contributed by atoms with Crippen molar-refractivity contribution in [2.75, 3.05) is 34.4 Å². The third-order valence-electron chi connectivity index (χ3n) is 11.6. The average molecular weight is 780 g/mol. The van der Waals surface area contributed by atoms with E-state index in [0.29, 0.717) is 63.3 Å². The highest BCUT2D eigenvalue weighted by Gasteiger charge is 2.44. The van der Waals surface area contributed by atoms with E-state index in [1.807, 2.05) is 58.9 Å². The molecule has 1 N–H and O–H groups in total. The highest BCUT2D eigenvalue weighted by Crippen LogP contribution is 2.32. The SMILES string of the molecule is CC[C@H](C)[C@H]1C(=O)N2CCC[C@@H]2C(=O)OC(C(C)(C)C)C[C@@H](C)C/C=C/C2=N[C@@H](CCC(=O)NC(Cc3ccc(OC)cc3)C(=O)N(C)[C@@H](C)C(=O)N1C)CO2. The lowest BCUT2D eigenvalue weighted by Gasteiger charge is -2.39.